The Labute approximate surface area is 216 Å². The molecule has 2 unspecified atom stereocenters. The molecule has 0 bridgehead atoms. The van der Waals surface area contributed by atoms with Crippen LogP contribution in [0.2, 0.25) is 0 Å². The quantitative estimate of drug-likeness (QED) is 0.422. The molecule has 38 heavy (non-hydrogen) atoms. The Bertz CT molecular complexity index is 1190. The monoisotopic (exact) mass is 546 g/mol. The van der Waals surface area contributed by atoms with Crippen LogP contribution in [0.25, 0.3) is 0 Å². The molecule has 1 aliphatic rings. The van der Waals surface area contributed by atoms with Gasteiger partial charge in [0, 0.05) is 39.0 Å². The van der Waals surface area contributed by atoms with E-state index < -0.39 is 58.1 Å². The minimum Gasteiger partial charge on any atom is -0.342 e. The van der Waals surface area contributed by atoms with Crippen LogP contribution in [0.5, 0.6) is 0 Å². The fourth-order valence-corrected chi connectivity index (χ4v) is 5.08. The third-order valence-electron chi connectivity index (χ3n) is 7.31. The summed E-state index contributed by atoms with van der Waals surface area (Å²) in [5.41, 5.74) is -3.89. The van der Waals surface area contributed by atoms with Gasteiger partial charge in [-0.3, -0.25) is 9.59 Å². The van der Waals surface area contributed by atoms with Crippen LogP contribution in [0.4, 0.5) is 30.7 Å². The summed E-state index contributed by atoms with van der Waals surface area (Å²) in [4.78, 5) is 28.8. The molecule has 0 radical (unpaired) electrons. The van der Waals surface area contributed by atoms with Crippen LogP contribution in [0.3, 0.4) is 0 Å². The zero-order valence-corrected chi connectivity index (χ0v) is 21.6. The van der Waals surface area contributed by atoms with Crippen LogP contribution in [-0.4, -0.2) is 47.8 Å². The second-order valence-corrected chi connectivity index (χ2v) is 10.3. The number of amides is 2. The molecule has 2 aromatic rings. The molecule has 0 N–H and O–H groups in total. The van der Waals surface area contributed by atoms with Gasteiger partial charge in [0.2, 0.25) is 11.8 Å². The predicted octanol–water partition coefficient (Wildman–Crippen LogP) is 6.31. The standard InChI is InChI=1S/C27H29F7N2O2/c1-15-10-20(28)6-7-21(15)22-14-36(16(2)37)9-8-23(22)35(5)24(38)25(3,4)17-11-18(26(29,30)31)13-19(12-17)27(32,33)34/h6-7,10-13,22-23H,8-9,14H2,1-5H3. The Morgan fingerprint density at radius 2 is 1.45 bits per heavy atom. The number of likely N-dealkylation sites (tertiary alicyclic amines) is 1. The summed E-state index contributed by atoms with van der Waals surface area (Å²) in [7, 11) is 1.45. The molecule has 1 saturated heterocycles. The first-order valence-electron chi connectivity index (χ1n) is 11.9. The van der Waals surface area contributed by atoms with Crippen molar-refractivity contribution in [2.24, 2.45) is 0 Å². The van der Waals surface area contributed by atoms with Crippen molar-refractivity contribution < 1.29 is 40.3 Å². The minimum atomic E-state index is -5.05. The van der Waals surface area contributed by atoms with Crippen molar-refractivity contribution in [3.05, 3.63) is 70.0 Å². The molecule has 1 aliphatic heterocycles. The normalized spacial score (nSPS) is 18.9. The molecule has 1 heterocycles. The maximum atomic E-state index is 13.8. The Balaban J connectivity index is 2.04. The van der Waals surface area contributed by atoms with E-state index in [1.54, 1.807) is 17.9 Å². The number of nitrogens with zero attached hydrogens (tertiary/aromatic N) is 2. The van der Waals surface area contributed by atoms with Gasteiger partial charge in [-0.1, -0.05) is 6.07 Å². The van der Waals surface area contributed by atoms with Crippen molar-refractivity contribution in [1.82, 2.24) is 9.80 Å². The summed E-state index contributed by atoms with van der Waals surface area (Å²) in [6.07, 6.45) is -9.78. The Kier molecular flexibility index (Phi) is 7.92. The molecule has 0 saturated carbocycles. The van der Waals surface area contributed by atoms with Crippen molar-refractivity contribution in [2.45, 2.75) is 63.8 Å². The SMILES string of the molecule is CC(=O)N1CCC(N(C)C(=O)C(C)(C)c2cc(C(F)(F)F)cc(C(F)(F)F)c2)C(c2ccc(F)cc2C)C1. The van der Waals surface area contributed by atoms with Gasteiger partial charge in [0.15, 0.2) is 0 Å². The van der Waals surface area contributed by atoms with Crippen LogP contribution >= 0.6 is 0 Å². The first-order valence-corrected chi connectivity index (χ1v) is 11.9. The van der Waals surface area contributed by atoms with Crippen molar-refractivity contribution in [1.29, 1.82) is 0 Å². The summed E-state index contributed by atoms with van der Waals surface area (Å²) in [5, 5.41) is 0. The second kappa shape index (κ2) is 10.2. The third-order valence-corrected chi connectivity index (χ3v) is 7.31. The van der Waals surface area contributed by atoms with Gasteiger partial charge in [0.05, 0.1) is 16.5 Å². The fraction of sp³-hybridized carbons (Fsp3) is 0.481. The number of likely N-dealkylation sites (N-methyl/N-ethyl adjacent to an activating group) is 1. The zero-order chi connectivity index (χ0) is 28.8. The average Bonchev–Trinajstić information content (AvgIpc) is 2.81. The molecule has 0 spiro atoms. The number of hydrogen-bond donors (Lipinski definition) is 0. The lowest BCUT2D eigenvalue weighted by atomic mass is 9.78. The van der Waals surface area contributed by atoms with E-state index in [2.05, 4.69) is 0 Å². The highest BCUT2D eigenvalue weighted by molar-refractivity contribution is 5.88. The van der Waals surface area contributed by atoms with E-state index in [4.69, 9.17) is 0 Å². The number of carbonyl (C=O) groups excluding carboxylic acids is 2. The molecule has 2 atom stereocenters. The number of halogens is 7. The molecule has 0 aromatic heterocycles. The van der Waals surface area contributed by atoms with Crippen LogP contribution in [0.15, 0.2) is 36.4 Å². The largest absolute Gasteiger partial charge is 0.416 e. The Hall–Kier alpha value is -3.11. The van der Waals surface area contributed by atoms with E-state index in [0.29, 0.717) is 36.2 Å². The van der Waals surface area contributed by atoms with Gasteiger partial charge in [-0.05, 0) is 74.2 Å². The zero-order valence-electron chi connectivity index (χ0n) is 21.6. The van der Waals surface area contributed by atoms with Crippen molar-refractivity contribution in [3.63, 3.8) is 0 Å². The minimum absolute atomic E-state index is 0.0264. The molecular formula is C27H29F7N2O2. The third kappa shape index (κ3) is 5.96. The lowest BCUT2D eigenvalue weighted by molar-refractivity contribution is -0.144. The summed E-state index contributed by atoms with van der Waals surface area (Å²) >= 11 is 0. The van der Waals surface area contributed by atoms with E-state index in [0.717, 1.165) is 0 Å². The van der Waals surface area contributed by atoms with Crippen LogP contribution in [-0.2, 0) is 27.4 Å². The first-order chi connectivity index (χ1) is 17.3. The van der Waals surface area contributed by atoms with Gasteiger partial charge in [-0.15, -0.1) is 0 Å². The van der Waals surface area contributed by atoms with Gasteiger partial charge in [0.1, 0.15) is 5.82 Å². The van der Waals surface area contributed by atoms with E-state index in [1.165, 1.54) is 44.9 Å². The van der Waals surface area contributed by atoms with E-state index in [1.807, 2.05) is 0 Å². The van der Waals surface area contributed by atoms with Crippen molar-refractivity contribution in [2.75, 3.05) is 20.1 Å². The summed E-state index contributed by atoms with van der Waals surface area (Å²) in [6, 6.07) is 4.78. The lowest BCUT2D eigenvalue weighted by Gasteiger charge is -2.45. The highest BCUT2D eigenvalue weighted by Gasteiger charge is 2.44. The maximum absolute atomic E-state index is 13.8. The number of rotatable bonds is 4. The number of benzene rings is 2. The molecule has 4 nitrogen and oxygen atoms in total. The average molecular weight is 547 g/mol. The molecular weight excluding hydrogens is 517 g/mol. The van der Waals surface area contributed by atoms with Gasteiger partial charge in [0.25, 0.3) is 0 Å². The molecule has 11 heteroatoms. The van der Waals surface area contributed by atoms with Crippen LogP contribution in [0.1, 0.15) is 60.9 Å². The molecule has 3 rings (SSSR count). The molecule has 0 aliphatic carbocycles. The van der Waals surface area contributed by atoms with Gasteiger partial charge >= 0.3 is 12.4 Å². The fourth-order valence-electron chi connectivity index (χ4n) is 5.08. The summed E-state index contributed by atoms with van der Waals surface area (Å²) in [5.74, 6) is -1.79. The van der Waals surface area contributed by atoms with Gasteiger partial charge in [-0.2, -0.15) is 26.3 Å². The van der Waals surface area contributed by atoms with E-state index in [9.17, 15) is 40.3 Å². The van der Waals surface area contributed by atoms with E-state index >= 15 is 0 Å². The maximum Gasteiger partial charge on any atom is 0.416 e. The second-order valence-electron chi connectivity index (χ2n) is 10.3. The Morgan fingerprint density at radius 3 is 1.92 bits per heavy atom. The van der Waals surface area contributed by atoms with Gasteiger partial charge < -0.3 is 9.80 Å². The van der Waals surface area contributed by atoms with Crippen molar-refractivity contribution in [3.8, 4) is 0 Å². The number of carbonyl (C=O) groups is 2. The number of hydrogen-bond acceptors (Lipinski definition) is 2. The Morgan fingerprint density at radius 1 is 0.921 bits per heavy atom. The van der Waals surface area contributed by atoms with Crippen molar-refractivity contribution >= 4 is 11.8 Å². The summed E-state index contributed by atoms with van der Waals surface area (Å²) < 4.78 is 94.6. The number of aryl methyl sites for hydroxylation is 1. The molecule has 208 valence electrons. The molecule has 2 amide bonds. The van der Waals surface area contributed by atoms with Crippen LogP contribution in [0, 0.1) is 12.7 Å². The lowest BCUT2D eigenvalue weighted by Crippen LogP contribution is -2.54. The predicted molar refractivity (Wildman–Crippen MR) is 127 cm³/mol. The topological polar surface area (TPSA) is 40.6 Å². The van der Waals surface area contributed by atoms with Gasteiger partial charge in [-0.25, -0.2) is 4.39 Å². The smallest absolute Gasteiger partial charge is 0.342 e. The molecule has 2 aromatic carbocycles. The highest BCUT2D eigenvalue weighted by Crippen LogP contribution is 2.40. The first kappa shape index (κ1) is 29.4. The number of alkyl halides is 6. The van der Waals surface area contributed by atoms with Crippen LogP contribution < -0.4 is 0 Å². The molecule has 1 fully saturated rings. The van der Waals surface area contributed by atoms with E-state index in [-0.39, 0.29) is 18.5 Å². The number of piperidine rings is 1. The summed E-state index contributed by atoms with van der Waals surface area (Å²) in [6.45, 7) is 6.17. The highest BCUT2D eigenvalue weighted by atomic mass is 19.4.